The number of benzene rings is 3. The lowest BCUT2D eigenvalue weighted by Crippen LogP contribution is -2.10. The minimum Gasteiger partial charge on any atom is -0.461 e. The molecule has 1 atom stereocenters. The van der Waals surface area contributed by atoms with Gasteiger partial charge in [-0.25, -0.2) is 4.79 Å². The zero-order valence-corrected chi connectivity index (χ0v) is 13.8. The number of carbonyl (C=O) groups is 1. The summed E-state index contributed by atoms with van der Waals surface area (Å²) in [4.78, 5) is 12.2. The molecule has 0 heterocycles. The molecule has 6 nitrogen and oxygen atoms in total. The molecular weight excluding hydrogens is 332 g/mol. The van der Waals surface area contributed by atoms with Crippen molar-refractivity contribution < 1.29 is 19.4 Å². The first kappa shape index (κ1) is 17.3. The van der Waals surface area contributed by atoms with Gasteiger partial charge in [0.2, 0.25) is 6.29 Å². The zero-order chi connectivity index (χ0) is 18.5. The second-order valence-corrected chi connectivity index (χ2v) is 5.63. The highest BCUT2D eigenvalue weighted by Gasteiger charge is 2.13. The number of hydrogen-bond donors (Lipinski definition) is 3. The van der Waals surface area contributed by atoms with E-state index in [1.807, 2.05) is 0 Å². The SMILES string of the molecule is Nc1cccc(OC(=O)c2ccc(C(O)Oc3cccc(N)c3)cc2)c1. The van der Waals surface area contributed by atoms with E-state index in [-0.39, 0.29) is 0 Å². The lowest BCUT2D eigenvalue weighted by atomic mass is 10.1. The van der Waals surface area contributed by atoms with Crippen LogP contribution in [0.5, 0.6) is 11.5 Å². The minimum absolute atomic E-state index is 0.340. The van der Waals surface area contributed by atoms with Crippen LogP contribution >= 0.6 is 0 Å². The van der Waals surface area contributed by atoms with Crippen molar-refractivity contribution in [3.8, 4) is 11.5 Å². The largest absolute Gasteiger partial charge is 0.461 e. The number of aliphatic hydroxyl groups is 1. The van der Waals surface area contributed by atoms with E-state index in [2.05, 4.69) is 0 Å². The van der Waals surface area contributed by atoms with Gasteiger partial charge < -0.3 is 26.0 Å². The number of esters is 1. The number of ether oxygens (including phenoxy) is 2. The molecule has 3 aromatic rings. The first-order valence-corrected chi connectivity index (χ1v) is 7.89. The van der Waals surface area contributed by atoms with Crippen LogP contribution in [0.1, 0.15) is 22.2 Å². The summed E-state index contributed by atoms with van der Waals surface area (Å²) in [5.41, 5.74) is 13.2. The van der Waals surface area contributed by atoms with E-state index < -0.39 is 12.3 Å². The molecule has 0 amide bonds. The third-order valence-corrected chi connectivity index (χ3v) is 3.61. The molecule has 0 aliphatic heterocycles. The first-order valence-electron chi connectivity index (χ1n) is 7.89. The zero-order valence-electron chi connectivity index (χ0n) is 13.8. The molecule has 0 radical (unpaired) electrons. The highest BCUT2D eigenvalue weighted by molar-refractivity contribution is 5.91. The topological polar surface area (TPSA) is 108 Å². The normalized spacial score (nSPS) is 11.6. The van der Waals surface area contributed by atoms with Crippen LogP contribution in [0.25, 0.3) is 0 Å². The van der Waals surface area contributed by atoms with E-state index in [4.69, 9.17) is 20.9 Å². The number of hydrogen-bond acceptors (Lipinski definition) is 6. The van der Waals surface area contributed by atoms with E-state index in [0.29, 0.717) is 34.0 Å². The fourth-order valence-corrected chi connectivity index (χ4v) is 2.31. The summed E-state index contributed by atoms with van der Waals surface area (Å²) in [5, 5.41) is 10.2. The van der Waals surface area contributed by atoms with Crippen LogP contribution in [0.4, 0.5) is 11.4 Å². The van der Waals surface area contributed by atoms with Gasteiger partial charge in [-0.05, 0) is 36.4 Å². The number of anilines is 2. The fraction of sp³-hybridized carbons (Fsp3) is 0.0500. The molecule has 0 aliphatic carbocycles. The van der Waals surface area contributed by atoms with Crippen LogP contribution < -0.4 is 20.9 Å². The van der Waals surface area contributed by atoms with Crippen molar-refractivity contribution in [1.82, 2.24) is 0 Å². The fourth-order valence-electron chi connectivity index (χ4n) is 2.31. The third kappa shape index (κ3) is 4.31. The Morgan fingerprint density at radius 3 is 2.04 bits per heavy atom. The van der Waals surface area contributed by atoms with Crippen molar-refractivity contribution in [2.75, 3.05) is 11.5 Å². The standard InChI is InChI=1S/C20H18N2O4/c21-15-3-1-5-17(11-15)25-19(23)13-7-9-14(10-8-13)20(24)26-18-6-2-4-16(22)12-18/h1-12,19,23H,21-22H2. The molecule has 0 saturated carbocycles. The first-order chi connectivity index (χ1) is 12.5. The maximum absolute atomic E-state index is 12.2. The quantitative estimate of drug-likeness (QED) is 0.282. The lowest BCUT2D eigenvalue weighted by Gasteiger charge is -2.14. The Balaban J connectivity index is 1.66. The molecule has 1 unspecified atom stereocenters. The van der Waals surface area contributed by atoms with Crippen LogP contribution in [0.2, 0.25) is 0 Å². The number of aliphatic hydroxyl groups excluding tert-OH is 1. The average molecular weight is 350 g/mol. The van der Waals surface area contributed by atoms with E-state index in [9.17, 15) is 9.90 Å². The Morgan fingerprint density at radius 1 is 0.846 bits per heavy atom. The van der Waals surface area contributed by atoms with Crippen molar-refractivity contribution in [1.29, 1.82) is 0 Å². The monoisotopic (exact) mass is 350 g/mol. The molecule has 0 spiro atoms. The van der Waals surface area contributed by atoms with E-state index in [1.165, 1.54) is 0 Å². The van der Waals surface area contributed by atoms with Crippen LogP contribution in [-0.4, -0.2) is 11.1 Å². The number of rotatable bonds is 5. The Labute approximate surface area is 150 Å². The Kier molecular flexibility index (Phi) is 5.05. The molecule has 0 bridgehead atoms. The molecule has 3 aromatic carbocycles. The summed E-state index contributed by atoms with van der Waals surface area (Å²) in [7, 11) is 0. The summed E-state index contributed by atoms with van der Waals surface area (Å²) in [6.07, 6.45) is -1.18. The molecule has 6 heteroatoms. The van der Waals surface area contributed by atoms with Crippen LogP contribution in [0, 0.1) is 0 Å². The number of nitrogens with two attached hydrogens (primary N) is 2. The number of nitrogen functional groups attached to an aromatic ring is 2. The van der Waals surface area contributed by atoms with Gasteiger partial charge in [-0.1, -0.05) is 24.3 Å². The molecule has 0 aromatic heterocycles. The molecular formula is C20H18N2O4. The maximum Gasteiger partial charge on any atom is 0.343 e. The molecule has 0 fully saturated rings. The van der Waals surface area contributed by atoms with Crippen molar-refractivity contribution in [3.05, 3.63) is 83.9 Å². The predicted octanol–water partition coefficient (Wildman–Crippen LogP) is 3.14. The highest BCUT2D eigenvalue weighted by Crippen LogP contribution is 2.22. The Bertz CT molecular complexity index is 910. The molecule has 3 rings (SSSR count). The Morgan fingerprint density at radius 2 is 1.42 bits per heavy atom. The van der Waals surface area contributed by atoms with Gasteiger partial charge in [0.25, 0.3) is 0 Å². The van der Waals surface area contributed by atoms with Gasteiger partial charge in [0.1, 0.15) is 11.5 Å². The van der Waals surface area contributed by atoms with E-state index >= 15 is 0 Å². The van der Waals surface area contributed by atoms with Gasteiger partial charge in [-0.3, -0.25) is 0 Å². The Hall–Kier alpha value is -3.51. The summed E-state index contributed by atoms with van der Waals surface area (Å²) in [6.45, 7) is 0. The summed E-state index contributed by atoms with van der Waals surface area (Å²) < 4.78 is 10.7. The summed E-state index contributed by atoms with van der Waals surface area (Å²) in [5.74, 6) is 0.292. The van der Waals surface area contributed by atoms with E-state index in [1.54, 1.807) is 72.8 Å². The van der Waals surface area contributed by atoms with E-state index in [0.717, 1.165) is 0 Å². The van der Waals surface area contributed by atoms with Gasteiger partial charge in [0.15, 0.2) is 0 Å². The molecule has 5 N–H and O–H groups in total. The van der Waals surface area contributed by atoms with Gasteiger partial charge in [-0.15, -0.1) is 0 Å². The van der Waals surface area contributed by atoms with Gasteiger partial charge in [0, 0.05) is 29.1 Å². The minimum atomic E-state index is -1.18. The maximum atomic E-state index is 12.2. The van der Waals surface area contributed by atoms with Crippen LogP contribution in [0.3, 0.4) is 0 Å². The molecule has 0 saturated heterocycles. The lowest BCUT2D eigenvalue weighted by molar-refractivity contribution is -0.0194. The molecule has 26 heavy (non-hydrogen) atoms. The average Bonchev–Trinajstić information content (AvgIpc) is 2.62. The highest BCUT2D eigenvalue weighted by atomic mass is 16.6. The van der Waals surface area contributed by atoms with Gasteiger partial charge in [-0.2, -0.15) is 0 Å². The number of carbonyl (C=O) groups excluding carboxylic acids is 1. The second-order valence-electron chi connectivity index (χ2n) is 5.63. The van der Waals surface area contributed by atoms with Crippen LogP contribution in [-0.2, 0) is 0 Å². The van der Waals surface area contributed by atoms with Crippen molar-refractivity contribution >= 4 is 17.3 Å². The molecule has 0 aliphatic rings. The summed E-state index contributed by atoms with van der Waals surface area (Å²) in [6, 6.07) is 19.6. The van der Waals surface area contributed by atoms with Gasteiger partial charge >= 0.3 is 5.97 Å². The second kappa shape index (κ2) is 7.58. The van der Waals surface area contributed by atoms with Crippen molar-refractivity contribution in [2.45, 2.75) is 6.29 Å². The van der Waals surface area contributed by atoms with Crippen LogP contribution in [0.15, 0.2) is 72.8 Å². The third-order valence-electron chi connectivity index (χ3n) is 3.61. The smallest absolute Gasteiger partial charge is 0.343 e. The predicted molar refractivity (Wildman–Crippen MR) is 98.7 cm³/mol. The van der Waals surface area contributed by atoms with Gasteiger partial charge in [0.05, 0.1) is 5.56 Å². The van der Waals surface area contributed by atoms with Crippen molar-refractivity contribution in [2.24, 2.45) is 0 Å². The van der Waals surface area contributed by atoms with Crippen molar-refractivity contribution in [3.63, 3.8) is 0 Å². The molecule has 132 valence electrons. The summed E-state index contributed by atoms with van der Waals surface area (Å²) >= 11 is 0.